The lowest BCUT2D eigenvalue weighted by atomic mass is 10.2. The van der Waals surface area contributed by atoms with Gasteiger partial charge in [0.1, 0.15) is 0 Å². The summed E-state index contributed by atoms with van der Waals surface area (Å²) in [5.74, 6) is 1.40. The monoisotopic (exact) mass is 394 g/mol. The van der Waals surface area contributed by atoms with Crippen LogP contribution in [-0.4, -0.2) is 10.2 Å². The minimum Gasteiger partial charge on any atom is -0.411 e. The Morgan fingerprint density at radius 3 is 2.45 bits per heavy atom. The lowest BCUT2D eigenvalue weighted by Gasteiger charge is -1.97. The van der Waals surface area contributed by atoms with Gasteiger partial charge in [0.2, 0.25) is 5.89 Å². The molecule has 0 aliphatic rings. The zero-order chi connectivity index (χ0) is 13.8. The van der Waals surface area contributed by atoms with E-state index in [9.17, 15) is 0 Å². The molecule has 0 fully saturated rings. The van der Waals surface area contributed by atoms with Crippen LogP contribution in [0.4, 0.5) is 0 Å². The third-order valence-corrected chi connectivity index (χ3v) is 4.31. The predicted octanol–water partition coefficient (Wildman–Crippen LogP) is 4.63. The van der Waals surface area contributed by atoms with Crippen molar-refractivity contribution in [3.63, 3.8) is 0 Å². The molecule has 0 aliphatic carbocycles. The summed E-state index contributed by atoms with van der Waals surface area (Å²) >= 11 is 3.82. The Labute approximate surface area is 134 Å². The lowest BCUT2D eigenvalue weighted by molar-refractivity contribution is 0.466. The summed E-state index contributed by atoms with van der Waals surface area (Å²) in [5, 5.41) is 8.76. The van der Waals surface area contributed by atoms with Crippen molar-refractivity contribution < 1.29 is 4.42 Å². The van der Waals surface area contributed by atoms with Crippen LogP contribution in [0.2, 0.25) is 0 Å². The molecule has 0 spiro atoms. The molecule has 100 valence electrons. The van der Waals surface area contributed by atoms with Gasteiger partial charge >= 0.3 is 0 Å². The third-order valence-electron chi connectivity index (χ3n) is 2.70. The zero-order valence-corrected chi connectivity index (χ0v) is 13.5. The molecule has 0 saturated heterocycles. The first-order valence-electron chi connectivity index (χ1n) is 6.07. The first kappa shape index (κ1) is 13.6. The second-order valence-corrected chi connectivity index (χ2v) is 6.33. The minimum absolute atomic E-state index is 0.567. The summed E-state index contributed by atoms with van der Waals surface area (Å²) < 4.78 is 6.85. The van der Waals surface area contributed by atoms with Crippen molar-refractivity contribution >= 4 is 34.4 Å². The quantitative estimate of drug-likeness (QED) is 0.478. The van der Waals surface area contributed by atoms with E-state index < -0.39 is 0 Å². The van der Waals surface area contributed by atoms with Crippen molar-refractivity contribution in [2.24, 2.45) is 0 Å². The lowest BCUT2D eigenvalue weighted by Crippen LogP contribution is -1.79. The van der Waals surface area contributed by atoms with Gasteiger partial charge in [-0.3, -0.25) is 0 Å². The third kappa shape index (κ3) is 3.40. The highest BCUT2D eigenvalue weighted by molar-refractivity contribution is 14.1. The number of nitrogens with zero attached hydrogens (tertiary/aromatic N) is 2. The smallest absolute Gasteiger partial charge is 0.277 e. The molecule has 3 aromatic rings. The van der Waals surface area contributed by atoms with Crippen LogP contribution in [0.1, 0.15) is 5.56 Å². The first-order valence-corrected chi connectivity index (χ1v) is 8.14. The molecule has 3 nitrogen and oxygen atoms in total. The Balaban J connectivity index is 1.69. The molecule has 0 saturated carbocycles. The van der Waals surface area contributed by atoms with Crippen LogP contribution in [0.5, 0.6) is 0 Å². The topological polar surface area (TPSA) is 38.9 Å². The molecule has 20 heavy (non-hydrogen) atoms. The molecular formula is C15H11IN2OS. The van der Waals surface area contributed by atoms with E-state index in [0.29, 0.717) is 11.1 Å². The summed E-state index contributed by atoms with van der Waals surface area (Å²) in [5.41, 5.74) is 2.19. The van der Waals surface area contributed by atoms with Crippen LogP contribution < -0.4 is 0 Å². The average molecular weight is 394 g/mol. The number of halogens is 1. The molecule has 3 rings (SSSR count). The van der Waals surface area contributed by atoms with E-state index in [2.05, 4.69) is 44.9 Å². The van der Waals surface area contributed by atoms with E-state index in [-0.39, 0.29) is 0 Å². The summed E-state index contributed by atoms with van der Waals surface area (Å²) in [4.78, 5) is 0. The fourth-order valence-electron chi connectivity index (χ4n) is 1.70. The van der Waals surface area contributed by atoms with Gasteiger partial charge in [0, 0.05) is 14.9 Å². The summed E-state index contributed by atoms with van der Waals surface area (Å²) in [6, 6.07) is 18.3. The molecule has 1 heterocycles. The van der Waals surface area contributed by atoms with Gasteiger partial charge in [-0.15, -0.1) is 10.2 Å². The molecular weight excluding hydrogens is 383 g/mol. The van der Waals surface area contributed by atoms with Gasteiger partial charge in [-0.25, -0.2) is 0 Å². The Morgan fingerprint density at radius 1 is 0.950 bits per heavy atom. The molecule has 0 bridgehead atoms. The summed E-state index contributed by atoms with van der Waals surface area (Å²) in [6.07, 6.45) is 0. The second-order valence-electron chi connectivity index (χ2n) is 4.15. The Kier molecular flexibility index (Phi) is 4.37. The SMILES string of the molecule is Ic1ccc(-c2nnc(SCc3ccccc3)o2)cc1. The molecule has 0 unspecified atom stereocenters. The van der Waals surface area contributed by atoms with Crippen molar-refractivity contribution in [2.45, 2.75) is 11.0 Å². The second kappa shape index (κ2) is 6.41. The number of hydrogen-bond acceptors (Lipinski definition) is 4. The van der Waals surface area contributed by atoms with Crippen molar-refractivity contribution in [1.82, 2.24) is 10.2 Å². The number of rotatable bonds is 4. The van der Waals surface area contributed by atoms with Gasteiger partial charge in [0.15, 0.2) is 0 Å². The molecule has 2 aromatic carbocycles. The van der Waals surface area contributed by atoms with Crippen molar-refractivity contribution in [1.29, 1.82) is 0 Å². The molecule has 0 amide bonds. The van der Waals surface area contributed by atoms with Crippen LogP contribution in [0.3, 0.4) is 0 Å². The normalized spacial score (nSPS) is 10.7. The average Bonchev–Trinajstić information content (AvgIpc) is 2.96. The van der Waals surface area contributed by atoms with Crippen molar-refractivity contribution in [3.05, 3.63) is 63.7 Å². The largest absolute Gasteiger partial charge is 0.411 e. The molecule has 0 N–H and O–H groups in total. The van der Waals surface area contributed by atoms with E-state index in [0.717, 1.165) is 11.3 Å². The van der Waals surface area contributed by atoms with Gasteiger partial charge in [-0.05, 0) is 52.4 Å². The molecule has 0 atom stereocenters. The summed E-state index contributed by atoms with van der Waals surface area (Å²) in [7, 11) is 0. The van der Waals surface area contributed by atoms with Gasteiger partial charge in [0.05, 0.1) is 0 Å². The fraction of sp³-hybridized carbons (Fsp3) is 0.0667. The Hall–Kier alpha value is -1.34. The maximum atomic E-state index is 5.67. The van der Waals surface area contributed by atoms with Crippen LogP contribution in [0.15, 0.2) is 64.2 Å². The predicted molar refractivity (Wildman–Crippen MR) is 88.5 cm³/mol. The van der Waals surface area contributed by atoms with Crippen molar-refractivity contribution in [2.75, 3.05) is 0 Å². The van der Waals surface area contributed by atoms with Crippen LogP contribution in [-0.2, 0) is 5.75 Å². The highest BCUT2D eigenvalue weighted by Gasteiger charge is 2.08. The number of benzene rings is 2. The molecule has 0 radical (unpaired) electrons. The number of thioether (sulfide) groups is 1. The standard InChI is InChI=1S/C15H11IN2OS/c16-13-8-6-12(7-9-13)14-17-18-15(19-14)20-10-11-4-2-1-3-5-11/h1-9H,10H2. The Morgan fingerprint density at radius 2 is 1.70 bits per heavy atom. The van der Waals surface area contributed by atoms with E-state index in [1.807, 2.05) is 42.5 Å². The van der Waals surface area contributed by atoms with E-state index in [1.165, 1.54) is 9.13 Å². The van der Waals surface area contributed by atoms with Gasteiger partial charge < -0.3 is 4.42 Å². The van der Waals surface area contributed by atoms with E-state index >= 15 is 0 Å². The van der Waals surface area contributed by atoms with E-state index in [1.54, 1.807) is 11.8 Å². The Bertz CT molecular complexity index is 683. The van der Waals surface area contributed by atoms with E-state index in [4.69, 9.17) is 4.42 Å². The van der Waals surface area contributed by atoms with Gasteiger partial charge in [-0.1, -0.05) is 42.1 Å². The minimum atomic E-state index is 0.567. The van der Waals surface area contributed by atoms with Crippen LogP contribution >= 0.6 is 34.4 Å². The maximum absolute atomic E-state index is 5.67. The fourth-order valence-corrected chi connectivity index (χ4v) is 2.78. The zero-order valence-electron chi connectivity index (χ0n) is 10.5. The number of aromatic nitrogens is 2. The molecule has 1 aromatic heterocycles. The molecule has 5 heteroatoms. The van der Waals surface area contributed by atoms with Gasteiger partial charge in [0.25, 0.3) is 5.22 Å². The van der Waals surface area contributed by atoms with Gasteiger partial charge in [-0.2, -0.15) is 0 Å². The maximum Gasteiger partial charge on any atom is 0.277 e. The first-order chi connectivity index (χ1) is 9.81. The van der Waals surface area contributed by atoms with Crippen LogP contribution in [0, 0.1) is 3.57 Å². The highest BCUT2D eigenvalue weighted by Crippen LogP contribution is 2.25. The molecule has 0 aliphatic heterocycles. The van der Waals surface area contributed by atoms with Crippen LogP contribution in [0.25, 0.3) is 11.5 Å². The highest BCUT2D eigenvalue weighted by atomic mass is 127. The van der Waals surface area contributed by atoms with Crippen molar-refractivity contribution in [3.8, 4) is 11.5 Å². The number of hydrogen-bond donors (Lipinski definition) is 0. The summed E-state index contributed by atoms with van der Waals surface area (Å²) in [6.45, 7) is 0.